The zero-order valence-corrected chi connectivity index (χ0v) is 14.7. The van der Waals surface area contributed by atoms with E-state index in [-0.39, 0.29) is 0 Å². The Morgan fingerprint density at radius 2 is 1.73 bits per heavy atom. The third-order valence-corrected chi connectivity index (χ3v) is 4.47. The molecule has 1 heterocycles. The SMILES string of the molecule is COc1ccc(Cn2ncc3cc(NCc4ccccc4)ccc32)cc1. The molecule has 1 aromatic heterocycles. The van der Waals surface area contributed by atoms with Gasteiger partial charge in [-0.25, -0.2) is 0 Å². The number of aromatic nitrogens is 2. The fourth-order valence-electron chi connectivity index (χ4n) is 3.03. The molecule has 4 rings (SSSR count). The van der Waals surface area contributed by atoms with Crippen molar-refractivity contribution in [3.8, 4) is 5.75 Å². The summed E-state index contributed by atoms with van der Waals surface area (Å²) in [6, 6.07) is 24.9. The smallest absolute Gasteiger partial charge is 0.118 e. The minimum Gasteiger partial charge on any atom is -0.497 e. The van der Waals surface area contributed by atoms with E-state index >= 15 is 0 Å². The minimum absolute atomic E-state index is 0.740. The standard InChI is InChI=1S/C22H21N3O/c1-26-21-10-7-18(8-11-21)16-25-22-12-9-20(13-19(22)15-24-25)23-14-17-5-3-2-4-6-17/h2-13,15,23H,14,16H2,1H3. The van der Waals surface area contributed by atoms with Crippen LogP contribution in [0.1, 0.15) is 11.1 Å². The van der Waals surface area contributed by atoms with Crippen molar-refractivity contribution in [1.29, 1.82) is 0 Å². The molecule has 0 fully saturated rings. The maximum absolute atomic E-state index is 5.21. The summed E-state index contributed by atoms with van der Waals surface area (Å²) in [6.07, 6.45) is 1.92. The summed E-state index contributed by atoms with van der Waals surface area (Å²) in [6.45, 7) is 1.55. The van der Waals surface area contributed by atoms with Crippen LogP contribution in [0.3, 0.4) is 0 Å². The Bertz CT molecular complexity index is 991. The first-order valence-corrected chi connectivity index (χ1v) is 8.68. The minimum atomic E-state index is 0.740. The second-order valence-corrected chi connectivity index (χ2v) is 6.26. The molecule has 0 saturated carbocycles. The number of fused-ring (bicyclic) bond motifs is 1. The molecule has 4 nitrogen and oxygen atoms in total. The zero-order valence-electron chi connectivity index (χ0n) is 14.7. The normalized spacial score (nSPS) is 10.8. The monoisotopic (exact) mass is 343 g/mol. The Balaban J connectivity index is 1.49. The molecule has 0 spiro atoms. The number of hydrogen-bond donors (Lipinski definition) is 1. The first-order chi connectivity index (χ1) is 12.8. The molecule has 0 radical (unpaired) electrons. The molecule has 26 heavy (non-hydrogen) atoms. The third kappa shape index (κ3) is 3.54. The fraction of sp³-hybridized carbons (Fsp3) is 0.136. The number of rotatable bonds is 6. The lowest BCUT2D eigenvalue weighted by atomic mass is 10.2. The van der Waals surface area contributed by atoms with Crippen molar-refractivity contribution in [2.45, 2.75) is 13.1 Å². The number of hydrogen-bond acceptors (Lipinski definition) is 3. The van der Waals surface area contributed by atoms with E-state index in [1.54, 1.807) is 7.11 Å². The van der Waals surface area contributed by atoms with Crippen molar-refractivity contribution in [2.24, 2.45) is 0 Å². The number of nitrogens with one attached hydrogen (secondary N) is 1. The average molecular weight is 343 g/mol. The van der Waals surface area contributed by atoms with Gasteiger partial charge in [0.1, 0.15) is 5.75 Å². The molecule has 1 N–H and O–H groups in total. The molecule has 130 valence electrons. The highest BCUT2D eigenvalue weighted by Gasteiger charge is 2.05. The van der Waals surface area contributed by atoms with E-state index in [1.165, 1.54) is 11.1 Å². The van der Waals surface area contributed by atoms with E-state index in [0.29, 0.717) is 0 Å². The molecular formula is C22H21N3O. The van der Waals surface area contributed by atoms with E-state index in [9.17, 15) is 0 Å². The molecule has 3 aromatic carbocycles. The van der Waals surface area contributed by atoms with Crippen LogP contribution in [0.15, 0.2) is 79.0 Å². The van der Waals surface area contributed by atoms with Crippen LogP contribution in [0.4, 0.5) is 5.69 Å². The van der Waals surface area contributed by atoms with Crippen LogP contribution in [0, 0.1) is 0 Å². The van der Waals surface area contributed by atoms with Gasteiger partial charge in [-0.15, -0.1) is 0 Å². The zero-order chi connectivity index (χ0) is 17.8. The van der Waals surface area contributed by atoms with E-state index in [1.807, 2.05) is 29.1 Å². The lowest BCUT2D eigenvalue weighted by Gasteiger charge is -2.08. The third-order valence-electron chi connectivity index (χ3n) is 4.47. The van der Waals surface area contributed by atoms with Crippen molar-refractivity contribution < 1.29 is 4.74 Å². The van der Waals surface area contributed by atoms with Crippen molar-refractivity contribution in [2.75, 3.05) is 12.4 Å². The number of nitrogens with zero attached hydrogens (tertiary/aromatic N) is 2. The van der Waals surface area contributed by atoms with Crippen LogP contribution in [-0.2, 0) is 13.1 Å². The molecule has 0 aliphatic carbocycles. The van der Waals surface area contributed by atoms with E-state index < -0.39 is 0 Å². The maximum atomic E-state index is 5.21. The van der Waals surface area contributed by atoms with Gasteiger partial charge in [-0.2, -0.15) is 5.10 Å². The second kappa shape index (κ2) is 7.31. The quantitative estimate of drug-likeness (QED) is 0.551. The van der Waals surface area contributed by atoms with Crippen LogP contribution in [0.2, 0.25) is 0 Å². The first-order valence-electron chi connectivity index (χ1n) is 8.68. The Hall–Kier alpha value is -3.27. The number of methoxy groups -OCH3 is 1. The fourth-order valence-corrected chi connectivity index (χ4v) is 3.03. The van der Waals surface area contributed by atoms with Gasteiger partial charge in [0.25, 0.3) is 0 Å². The lowest BCUT2D eigenvalue weighted by Crippen LogP contribution is -2.02. The second-order valence-electron chi connectivity index (χ2n) is 6.26. The van der Waals surface area contributed by atoms with E-state index in [0.717, 1.165) is 35.4 Å². The molecular weight excluding hydrogens is 322 g/mol. The molecule has 0 amide bonds. The van der Waals surface area contributed by atoms with Crippen molar-refractivity contribution >= 4 is 16.6 Å². The van der Waals surface area contributed by atoms with Gasteiger partial charge >= 0.3 is 0 Å². The maximum Gasteiger partial charge on any atom is 0.118 e. The van der Waals surface area contributed by atoms with Gasteiger partial charge < -0.3 is 10.1 Å². The Labute approximate surface area is 153 Å². The summed E-state index contributed by atoms with van der Waals surface area (Å²) < 4.78 is 7.24. The van der Waals surface area contributed by atoms with Crippen molar-refractivity contribution in [3.05, 3.63) is 90.1 Å². The van der Waals surface area contributed by atoms with Gasteiger partial charge in [0.2, 0.25) is 0 Å². The predicted octanol–water partition coefficient (Wildman–Crippen LogP) is 4.71. The van der Waals surface area contributed by atoms with Crippen LogP contribution >= 0.6 is 0 Å². The topological polar surface area (TPSA) is 39.1 Å². The van der Waals surface area contributed by atoms with Gasteiger partial charge in [0.15, 0.2) is 0 Å². The van der Waals surface area contributed by atoms with Crippen molar-refractivity contribution in [1.82, 2.24) is 9.78 Å². The van der Waals surface area contributed by atoms with Crippen LogP contribution in [0.25, 0.3) is 10.9 Å². The Morgan fingerprint density at radius 3 is 2.50 bits per heavy atom. The molecule has 0 saturated heterocycles. The summed E-state index contributed by atoms with van der Waals surface area (Å²) in [5, 5.41) is 9.16. The van der Waals surface area contributed by atoms with E-state index in [4.69, 9.17) is 4.74 Å². The summed E-state index contributed by atoms with van der Waals surface area (Å²) in [7, 11) is 1.68. The molecule has 0 unspecified atom stereocenters. The summed E-state index contributed by atoms with van der Waals surface area (Å²) in [4.78, 5) is 0. The average Bonchev–Trinajstić information content (AvgIpc) is 3.10. The van der Waals surface area contributed by atoms with Crippen LogP contribution in [-0.4, -0.2) is 16.9 Å². The highest BCUT2D eigenvalue weighted by Crippen LogP contribution is 2.21. The van der Waals surface area contributed by atoms with Gasteiger partial charge in [0, 0.05) is 17.6 Å². The molecule has 4 aromatic rings. The Morgan fingerprint density at radius 1 is 0.923 bits per heavy atom. The van der Waals surface area contributed by atoms with Crippen molar-refractivity contribution in [3.63, 3.8) is 0 Å². The molecule has 4 heteroatoms. The van der Waals surface area contributed by atoms with Crippen LogP contribution < -0.4 is 10.1 Å². The van der Waals surface area contributed by atoms with E-state index in [2.05, 4.69) is 65.0 Å². The van der Waals surface area contributed by atoms with Gasteiger partial charge in [-0.05, 0) is 41.5 Å². The molecule has 0 aliphatic heterocycles. The highest BCUT2D eigenvalue weighted by atomic mass is 16.5. The molecule has 0 aliphatic rings. The number of ether oxygens (including phenoxy) is 1. The van der Waals surface area contributed by atoms with Gasteiger partial charge in [-0.3, -0.25) is 4.68 Å². The summed E-state index contributed by atoms with van der Waals surface area (Å²) >= 11 is 0. The number of anilines is 1. The van der Waals surface area contributed by atoms with Crippen LogP contribution in [0.5, 0.6) is 5.75 Å². The molecule has 0 atom stereocenters. The lowest BCUT2D eigenvalue weighted by molar-refractivity contribution is 0.414. The first kappa shape index (κ1) is 16.2. The summed E-state index contributed by atoms with van der Waals surface area (Å²) in [5.74, 6) is 0.869. The highest BCUT2D eigenvalue weighted by molar-refractivity contribution is 5.82. The molecule has 0 bridgehead atoms. The summed E-state index contributed by atoms with van der Waals surface area (Å²) in [5.41, 5.74) is 4.70. The Kier molecular flexibility index (Phi) is 4.56. The largest absolute Gasteiger partial charge is 0.497 e. The predicted molar refractivity (Wildman–Crippen MR) is 106 cm³/mol. The van der Waals surface area contributed by atoms with Gasteiger partial charge in [0.05, 0.1) is 25.4 Å². The number of benzene rings is 3. The van der Waals surface area contributed by atoms with Gasteiger partial charge in [-0.1, -0.05) is 42.5 Å².